The molecule has 1 aromatic carbocycles. The van der Waals surface area contributed by atoms with Gasteiger partial charge in [0.2, 0.25) is 0 Å². The Bertz CT molecular complexity index is 755. The van der Waals surface area contributed by atoms with Crippen LogP contribution in [0, 0.1) is 6.92 Å². The van der Waals surface area contributed by atoms with E-state index in [2.05, 4.69) is 15.0 Å². The number of aromatic nitrogens is 2. The van der Waals surface area contributed by atoms with Crippen LogP contribution in [0.2, 0.25) is 0 Å². The molecule has 1 aliphatic carbocycles. The minimum absolute atomic E-state index is 0.0435. The zero-order valence-electron chi connectivity index (χ0n) is 16.0. The van der Waals surface area contributed by atoms with Gasteiger partial charge in [-0.05, 0) is 38.3 Å². The highest BCUT2D eigenvalue weighted by atomic mass is 16.5. The quantitative estimate of drug-likeness (QED) is 0.828. The maximum absolute atomic E-state index is 13.2. The van der Waals surface area contributed by atoms with Gasteiger partial charge in [-0.1, -0.05) is 42.6 Å². The maximum Gasteiger partial charge on any atom is 0.254 e. The minimum Gasteiger partial charge on any atom is -0.337 e. The van der Waals surface area contributed by atoms with Gasteiger partial charge in [-0.2, -0.15) is 4.98 Å². The number of hydrogen-bond acceptors (Lipinski definition) is 5. The average Bonchev–Trinajstić information content (AvgIpc) is 3.03. The van der Waals surface area contributed by atoms with Crippen LogP contribution in [-0.2, 0) is 0 Å². The van der Waals surface area contributed by atoms with Crippen LogP contribution in [0.4, 0.5) is 0 Å². The number of benzene rings is 1. The van der Waals surface area contributed by atoms with Gasteiger partial charge in [-0.3, -0.25) is 9.69 Å². The van der Waals surface area contributed by atoms with E-state index in [-0.39, 0.29) is 11.9 Å². The summed E-state index contributed by atoms with van der Waals surface area (Å²) in [7, 11) is 0. The highest BCUT2D eigenvalue weighted by Crippen LogP contribution is 2.30. The lowest BCUT2D eigenvalue weighted by Gasteiger charge is -2.35. The van der Waals surface area contributed by atoms with E-state index in [0.29, 0.717) is 29.9 Å². The van der Waals surface area contributed by atoms with Gasteiger partial charge < -0.3 is 9.42 Å². The molecule has 6 nitrogen and oxygen atoms in total. The summed E-state index contributed by atoms with van der Waals surface area (Å²) in [5.74, 6) is 1.21. The normalized spacial score (nSPS) is 22.6. The molecule has 2 fully saturated rings. The molecule has 2 aromatic rings. The van der Waals surface area contributed by atoms with Gasteiger partial charge in [0, 0.05) is 31.2 Å². The summed E-state index contributed by atoms with van der Waals surface area (Å²) in [6.07, 6.45) is 7.43. The van der Waals surface area contributed by atoms with Gasteiger partial charge in [0.15, 0.2) is 5.82 Å². The molecule has 6 heteroatoms. The van der Waals surface area contributed by atoms with Crippen molar-refractivity contribution in [3.8, 4) is 0 Å². The molecule has 0 spiro atoms. The Morgan fingerprint density at radius 1 is 1.07 bits per heavy atom. The molecule has 1 atom stereocenters. The standard InChI is InChI=1S/C21H28N4O2/c1-16-22-20(27-23-16)19-15-24(18-11-6-3-7-12-18)13-8-14-25(19)21(26)17-9-4-2-5-10-17/h2,4-5,9-10,18-19H,3,6-8,11-15H2,1H3. The van der Waals surface area contributed by atoms with Gasteiger partial charge in [-0.15, -0.1) is 0 Å². The number of hydrogen-bond donors (Lipinski definition) is 0. The summed E-state index contributed by atoms with van der Waals surface area (Å²) in [5.41, 5.74) is 0.713. The molecule has 0 N–H and O–H groups in total. The van der Waals surface area contributed by atoms with Crippen molar-refractivity contribution in [2.75, 3.05) is 19.6 Å². The van der Waals surface area contributed by atoms with Crippen LogP contribution in [-0.4, -0.2) is 51.5 Å². The molecule has 1 aliphatic heterocycles. The Kier molecular flexibility index (Phi) is 5.53. The smallest absolute Gasteiger partial charge is 0.254 e. The van der Waals surface area contributed by atoms with E-state index in [0.717, 1.165) is 19.5 Å². The lowest BCUT2D eigenvalue weighted by atomic mass is 9.94. The second-order valence-electron chi connectivity index (χ2n) is 7.70. The van der Waals surface area contributed by atoms with Crippen molar-refractivity contribution < 1.29 is 9.32 Å². The molecule has 1 amide bonds. The molecule has 144 valence electrons. The predicted molar refractivity (Wildman–Crippen MR) is 102 cm³/mol. The van der Waals surface area contributed by atoms with E-state index in [1.54, 1.807) is 0 Å². The molecule has 2 heterocycles. The first-order valence-corrected chi connectivity index (χ1v) is 10.1. The summed E-state index contributed by atoms with van der Waals surface area (Å²) in [4.78, 5) is 22.2. The molecule has 27 heavy (non-hydrogen) atoms. The van der Waals surface area contributed by atoms with Gasteiger partial charge >= 0.3 is 0 Å². The van der Waals surface area contributed by atoms with Gasteiger partial charge in [0.25, 0.3) is 11.8 Å². The highest BCUT2D eigenvalue weighted by molar-refractivity contribution is 5.94. The van der Waals surface area contributed by atoms with E-state index < -0.39 is 0 Å². The third kappa shape index (κ3) is 4.05. The SMILES string of the molecule is Cc1noc(C2CN(C3CCCCC3)CCCN2C(=O)c2ccccc2)n1. The summed E-state index contributed by atoms with van der Waals surface area (Å²) in [6.45, 7) is 4.33. The second-order valence-corrected chi connectivity index (χ2v) is 7.70. The molecule has 1 aromatic heterocycles. The van der Waals surface area contributed by atoms with Crippen molar-refractivity contribution in [3.05, 3.63) is 47.6 Å². The summed E-state index contributed by atoms with van der Waals surface area (Å²) < 4.78 is 5.53. The number of carbonyl (C=O) groups excluding carboxylic acids is 1. The van der Waals surface area contributed by atoms with Crippen LogP contribution in [0.1, 0.15) is 66.6 Å². The second kappa shape index (κ2) is 8.21. The van der Waals surface area contributed by atoms with Crippen LogP contribution in [0.15, 0.2) is 34.9 Å². The fourth-order valence-electron chi connectivity index (χ4n) is 4.44. The average molecular weight is 368 g/mol. The fraction of sp³-hybridized carbons (Fsp3) is 0.571. The Morgan fingerprint density at radius 3 is 2.56 bits per heavy atom. The van der Waals surface area contributed by atoms with Crippen LogP contribution in [0.5, 0.6) is 0 Å². The Labute approximate surface area is 160 Å². The summed E-state index contributed by atoms with van der Waals surface area (Å²) in [6, 6.07) is 9.92. The molecular formula is C21H28N4O2. The number of rotatable bonds is 3. The third-order valence-electron chi connectivity index (χ3n) is 5.83. The molecule has 1 unspecified atom stereocenters. The van der Waals surface area contributed by atoms with Crippen molar-refractivity contribution in [2.45, 2.75) is 57.5 Å². The van der Waals surface area contributed by atoms with Crippen molar-refractivity contribution >= 4 is 5.91 Å². The first-order valence-electron chi connectivity index (χ1n) is 10.1. The summed E-state index contributed by atoms with van der Waals surface area (Å²) in [5, 5.41) is 3.98. The lowest BCUT2D eigenvalue weighted by Crippen LogP contribution is -2.42. The van der Waals surface area contributed by atoms with E-state index >= 15 is 0 Å². The topological polar surface area (TPSA) is 62.5 Å². The first kappa shape index (κ1) is 18.2. The number of aryl methyl sites for hydroxylation is 1. The van der Waals surface area contributed by atoms with E-state index in [1.165, 1.54) is 32.1 Å². The molecule has 0 radical (unpaired) electrons. The van der Waals surface area contributed by atoms with Crippen molar-refractivity contribution in [2.24, 2.45) is 0 Å². The zero-order chi connectivity index (χ0) is 18.6. The third-order valence-corrected chi connectivity index (χ3v) is 5.83. The molecular weight excluding hydrogens is 340 g/mol. The lowest BCUT2D eigenvalue weighted by molar-refractivity contribution is 0.0604. The monoisotopic (exact) mass is 368 g/mol. The summed E-state index contributed by atoms with van der Waals surface area (Å²) >= 11 is 0. The maximum atomic E-state index is 13.2. The zero-order valence-corrected chi connectivity index (χ0v) is 16.0. The van der Waals surface area contributed by atoms with E-state index in [4.69, 9.17) is 4.52 Å². The van der Waals surface area contributed by atoms with Crippen LogP contribution in [0.25, 0.3) is 0 Å². The molecule has 0 bridgehead atoms. The largest absolute Gasteiger partial charge is 0.337 e. The molecule has 4 rings (SSSR count). The number of carbonyl (C=O) groups is 1. The van der Waals surface area contributed by atoms with E-state index in [9.17, 15) is 4.79 Å². The van der Waals surface area contributed by atoms with Gasteiger partial charge in [-0.25, -0.2) is 0 Å². The minimum atomic E-state index is -0.191. The van der Waals surface area contributed by atoms with Crippen LogP contribution < -0.4 is 0 Å². The Balaban J connectivity index is 1.62. The van der Waals surface area contributed by atoms with E-state index in [1.807, 2.05) is 42.2 Å². The number of amides is 1. The van der Waals surface area contributed by atoms with Crippen LogP contribution >= 0.6 is 0 Å². The van der Waals surface area contributed by atoms with Crippen molar-refractivity contribution in [3.63, 3.8) is 0 Å². The van der Waals surface area contributed by atoms with Crippen LogP contribution in [0.3, 0.4) is 0 Å². The molecule has 2 aliphatic rings. The Morgan fingerprint density at radius 2 is 1.85 bits per heavy atom. The highest BCUT2D eigenvalue weighted by Gasteiger charge is 2.36. The molecule has 1 saturated heterocycles. The Hall–Kier alpha value is -2.21. The van der Waals surface area contributed by atoms with Crippen molar-refractivity contribution in [1.82, 2.24) is 19.9 Å². The van der Waals surface area contributed by atoms with Crippen molar-refractivity contribution in [1.29, 1.82) is 0 Å². The number of nitrogens with zero attached hydrogens (tertiary/aromatic N) is 4. The fourth-order valence-corrected chi connectivity index (χ4v) is 4.44. The molecule has 1 saturated carbocycles. The first-order chi connectivity index (χ1) is 13.2. The van der Waals surface area contributed by atoms with Gasteiger partial charge in [0.1, 0.15) is 6.04 Å². The predicted octanol–water partition coefficient (Wildman–Crippen LogP) is 3.60. The van der Waals surface area contributed by atoms with Gasteiger partial charge in [0.05, 0.1) is 0 Å².